The molecule has 1 aliphatic heterocycles. The van der Waals surface area contributed by atoms with E-state index in [-0.39, 0.29) is 17.8 Å². The van der Waals surface area contributed by atoms with Crippen molar-refractivity contribution in [2.45, 2.75) is 40.4 Å². The number of hydrogen-bond donors (Lipinski definition) is 0. The van der Waals surface area contributed by atoms with Crippen LogP contribution in [0.4, 0.5) is 5.95 Å². The molecule has 4 aromatic rings. The van der Waals surface area contributed by atoms with Gasteiger partial charge in [-0.05, 0) is 36.5 Å². The van der Waals surface area contributed by atoms with Crippen molar-refractivity contribution in [2.24, 2.45) is 13.0 Å². The van der Waals surface area contributed by atoms with E-state index >= 15 is 0 Å². The first kappa shape index (κ1) is 21.2. The number of nitrogens with zero attached hydrogens (tertiary/aromatic N) is 5. The molecule has 1 aliphatic rings. The van der Waals surface area contributed by atoms with Gasteiger partial charge in [0.2, 0.25) is 5.95 Å². The fourth-order valence-corrected chi connectivity index (χ4v) is 4.82. The van der Waals surface area contributed by atoms with Gasteiger partial charge in [0.1, 0.15) is 0 Å². The molecule has 2 aromatic carbocycles. The Bertz CT molecular complexity index is 1460. The highest BCUT2D eigenvalue weighted by Gasteiger charge is 2.29. The molecule has 0 bridgehead atoms. The lowest BCUT2D eigenvalue weighted by Crippen LogP contribution is -2.41. The molecule has 7 nitrogen and oxygen atoms in total. The van der Waals surface area contributed by atoms with E-state index in [1.54, 1.807) is 7.05 Å². The molecule has 0 aliphatic carbocycles. The number of benzene rings is 2. The Kier molecular flexibility index (Phi) is 5.19. The first-order valence-corrected chi connectivity index (χ1v) is 11.4. The minimum absolute atomic E-state index is 0.249. The van der Waals surface area contributed by atoms with Crippen molar-refractivity contribution in [1.82, 2.24) is 18.7 Å². The van der Waals surface area contributed by atoms with Gasteiger partial charge in [-0.15, -0.1) is 0 Å². The number of aromatic nitrogens is 4. The van der Waals surface area contributed by atoms with Crippen molar-refractivity contribution in [2.75, 3.05) is 11.4 Å². The highest BCUT2D eigenvalue weighted by Crippen LogP contribution is 2.28. The van der Waals surface area contributed by atoms with Crippen LogP contribution in [0.3, 0.4) is 0 Å². The van der Waals surface area contributed by atoms with Crippen molar-refractivity contribution in [1.29, 1.82) is 0 Å². The van der Waals surface area contributed by atoms with E-state index in [1.807, 2.05) is 54.8 Å². The Morgan fingerprint density at radius 2 is 1.76 bits per heavy atom. The Morgan fingerprint density at radius 3 is 2.52 bits per heavy atom. The maximum Gasteiger partial charge on any atom is 0.332 e. The van der Waals surface area contributed by atoms with Crippen LogP contribution in [0, 0.1) is 19.8 Å². The summed E-state index contributed by atoms with van der Waals surface area (Å²) in [5, 5.41) is 0. The minimum Gasteiger partial charge on any atom is -0.338 e. The quantitative estimate of drug-likeness (QED) is 0.486. The number of hydrogen-bond acceptors (Lipinski definition) is 4. The molecule has 1 atom stereocenters. The molecular weight excluding hydrogens is 414 g/mol. The molecule has 33 heavy (non-hydrogen) atoms. The van der Waals surface area contributed by atoms with Crippen molar-refractivity contribution >= 4 is 17.1 Å². The maximum atomic E-state index is 13.7. The summed E-state index contributed by atoms with van der Waals surface area (Å²) in [6, 6.07) is 16.4. The van der Waals surface area contributed by atoms with Crippen LogP contribution >= 0.6 is 0 Å². The molecular formula is C26H29N5O2. The molecule has 0 saturated carbocycles. The molecule has 2 aromatic heterocycles. The normalized spacial score (nSPS) is 15.8. The second kappa shape index (κ2) is 8.06. The van der Waals surface area contributed by atoms with Gasteiger partial charge in [-0.3, -0.25) is 13.9 Å². The minimum atomic E-state index is -0.341. The summed E-state index contributed by atoms with van der Waals surface area (Å²) in [4.78, 5) is 33.9. The third-order valence-electron chi connectivity index (χ3n) is 6.57. The van der Waals surface area contributed by atoms with Gasteiger partial charge in [0.15, 0.2) is 11.2 Å². The van der Waals surface area contributed by atoms with Crippen molar-refractivity contribution in [3.05, 3.63) is 91.6 Å². The van der Waals surface area contributed by atoms with Crippen LogP contribution in [0.25, 0.3) is 11.2 Å². The van der Waals surface area contributed by atoms with Gasteiger partial charge in [-0.2, -0.15) is 4.98 Å². The molecule has 0 saturated heterocycles. The maximum absolute atomic E-state index is 13.7. The molecule has 170 valence electrons. The van der Waals surface area contributed by atoms with E-state index in [9.17, 15) is 9.59 Å². The Morgan fingerprint density at radius 1 is 1.00 bits per heavy atom. The SMILES string of the molecule is Cc1ccc(C)c(Cn2c(=O)c3c(nc4n3CC(C)CN4Cc3ccccc3)n(C)c2=O)c1. The number of rotatable bonds is 4. The summed E-state index contributed by atoms with van der Waals surface area (Å²) >= 11 is 0. The summed E-state index contributed by atoms with van der Waals surface area (Å²) in [6.45, 7) is 8.72. The topological polar surface area (TPSA) is 65.1 Å². The standard InChI is InChI=1S/C26H29N5O2/c1-17-10-11-19(3)21(12-17)16-31-24(32)22-23(28(4)26(31)33)27-25-29(13-18(2)14-30(22)25)15-20-8-6-5-7-9-20/h5-12,18H,13-16H2,1-4H3. The number of anilines is 1. The zero-order chi connectivity index (χ0) is 23.3. The van der Waals surface area contributed by atoms with E-state index in [1.165, 1.54) is 14.7 Å². The second-order valence-corrected chi connectivity index (χ2v) is 9.33. The lowest BCUT2D eigenvalue weighted by atomic mass is 10.1. The zero-order valence-electron chi connectivity index (χ0n) is 19.6. The first-order valence-electron chi connectivity index (χ1n) is 11.4. The van der Waals surface area contributed by atoms with Gasteiger partial charge in [0.25, 0.3) is 5.56 Å². The van der Waals surface area contributed by atoms with Gasteiger partial charge in [-0.1, -0.05) is 61.0 Å². The molecule has 0 amide bonds. The van der Waals surface area contributed by atoms with Crippen LogP contribution in [0.1, 0.15) is 29.2 Å². The Labute approximate surface area is 192 Å². The number of imidazole rings is 1. The van der Waals surface area contributed by atoms with Gasteiger partial charge in [-0.25, -0.2) is 4.79 Å². The van der Waals surface area contributed by atoms with Crippen LogP contribution in [0.2, 0.25) is 0 Å². The molecule has 0 N–H and O–H groups in total. The van der Waals surface area contributed by atoms with E-state index < -0.39 is 0 Å². The average Bonchev–Trinajstić information content (AvgIpc) is 3.18. The van der Waals surface area contributed by atoms with Gasteiger partial charge in [0, 0.05) is 26.7 Å². The molecule has 0 spiro atoms. The van der Waals surface area contributed by atoms with E-state index in [4.69, 9.17) is 4.98 Å². The summed E-state index contributed by atoms with van der Waals surface area (Å²) in [5.74, 6) is 1.10. The van der Waals surface area contributed by atoms with Gasteiger partial charge in [0.05, 0.1) is 6.54 Å². The predicted octanol–water partition coefficient (Wildman–Crippen LogP) is 3.22. The summed E-state index contributed by atoms with van der Waals surface area (Å²) in [7, 11) is 1.70. The zero-order valence-corrected chi connectivity index (χ0v) is 19.6. The third kappa shape index (κ3) is 3.67. The highest BCUT2D eigenvalue weighted by molar-refractivity contribution is 5.75. The summed E-state index contributed by atoms with van der Waals surface area (Å²) in [5.41, 5.74) is 4.66. The second-order valence-electron chi connectivity index (χ2n) is 9.33. The number of fused-ring (bicyclic) bond motifs is 3. The van der Waals surface area contributed by atoms with Crippen LogP contribution < -0.4 is 16.1 Å². The van der Waals surface area contributed by atoms with E-state index in [0.29, 0.717) is 30.2 Å². The van der Waals surface area contributed by atoms with Crippen LogP contribution in [0.5, 0.6) is 0 Å². The monoisotopic (exact) mass is 443 g/mol. The molecule has 1 unspecified atom stereocenters. The van der Waals surface area contributed by atoms with Crippen molar-refractivity contribution < 1.29 is 0 Å². The Hall–Kier alpha value is -3.61. The summed E-state index contributed by atoms with van der Waals surface area (Å²) < 4.78 is 4.87. The fourth-order valence-electron chi connectivity index (χ4n) is 4.82. The van der Waals surface area contributed by atoms with Crippen LogP contribution in [-0.2, 0) is 26.7 Å². The smallest absolute Gasteiger partial charge is 0.332 e. The molecule has 3 heterocycles. The van der Waals surface area contributed by atoms with Crippen molar-refractivity contribution in [3.63, 3.8) is 0 Å². The van der Waals surface area contributed by atoms with E-state index in [2.05, 4.69) is 24.0 Å². The van der Waals surface area contributed by atoms with Gasteiger partial charge < -0.3 is 9.47 Å². The third-order valence-corrected chi connectivity index (χ3v) is 6.57. The Balaban J connectivity index is 1.67. The molecule has 5 rings (SSSR count). The lowest BCUT2D eigenvalue weighted by Gasteiger charge is -2.33. The van der Waals surface area contributed by atoms with Crippen molar-refractivity contribution in [3.8, 4) is 0 Å². The number of aryl methyl sites for hydroxylation is 3. The van der Waals surface area contributed by atoms with Crippen LogP contribution in [0.15, 0.2) is 58.1 Å². The highest BCUT2D eigenvalue weighted by atomic mass is 16.2. The van der Waals surface area contributed by atoms with Crippen LogP contribution in [-0.4, -0.2) is 25.2 Å². The molecule has 0 radical (unpaired) electrons. The molecule has 7 heteroatoms. The first-order chi connectivity index (χ1) is 15.8. The van der Waals surface area contributed by atoms with Gasteiger partial charge >= 0.3 is 5.69 Å². The molecule has 0 fully saturated rings. The average molecular weight is 444 g/mol. The largest absolute Gasteiger partial charge is 0.338 e. The summed E-state index contributed by atoms with van der Waals surface area (Å²) in [6.07, 6.45) is 0. The van der Waals surface area contributed by atoms with E-state index in [0.717, 1.165) is 29.2 Å². The lowest BCUT2D eigenvalue weighted by molar-refractivity contribution is 0.435. The predicted molar refractivity (Wildman–Crippen MR) is 131 cm³/mol. The fraction of sp³-hybridized carbons (Fsp3) is 0.346.